The molecule has 0 aliphatic carbocycles. The summed E-state index contributed by atoms with van der Waals surface area (Å²) in [7, 11) is 0. The first kappa shape index (κ1) is 10.2. The monoisotopic (exact) mass is 171 g/mol. The summed E-state index contributed by atoms with van der Waals surface area (Å²) in [5.74, 6) is -1.20. The number of hydrogen-bond acceptors (Lipinski definition) is 3. The molecule has 12 heavy (non-hydrogen) atoms. The molecule has 5 nitrogen and oxygen atoms in total. The second-order valence-electron chi connectivity index (χ2n) is 1.71. The first-order valence-electron chi connectivity index (χ1n) is 3.09. The van der Waals surface area contributed by atoms with E-state index in [-0.39, 0.29) is 0 Å². The number of carboxylic acids is 1. The molecule has 0 aromatic rings. The van der Waals surface area contributed by atoms with Crippen LogP contribution < -0.4 is 5.32 Å². The lowest BCUT2D eigenvalue weighted by atomic mass is 10.6. The molecule has 0 rings (SSSR count). The number of carbonyl (C=O) groups excluding carboxylic acids is 1. The quantitative estimate of drug-likeness (QED) is 0.604. The Balaban J connectivity index is 3.53. The molecular formula is C7H9NO4. The lowest BCUT2D eigenvalue weighted by Gasteiger charge is -1.98. The molecule has 1 amide bonds. The summed E-state index contributed by atoms with van der Waals surface area (Å²) < 4.78 is 4.21. The molecule has 2 N–H and O–H groups in total. The molecule has 0 bridgehead atoms. The second kappa shape index (κ2) is 5.96. The third-order valence-electron chi connectivity index (χ3n) is 0.760. The Hall–Kier alpha value is -1.78. The molecule has 0 aromatic heterocycles. The first-order chi connectivity index (χ1) is 5.66. The lowest BCUT2D eigenvalue weighted by Crippen LogP contribution is -2.21. The first-order valence-corrected chi connectivity index (χ1v) is 3.09. The highest BCUT2D eigenvalue weighted by atomic mass is 16.6. The van der Waals surface area contributed by atoms with Crippen LogP contribution in [0.2, 0.25) is 0 Å². The average molecular weight is 171 g/mol. The van der Waals surface area contributed by atoms with Gasteiger partial charge in [-0.05, 0) is 6.08 Å². The number of ether oxygens (including phenoxy) is 1. The SMILES string of the molecule is C=C/C=C/NC(=O)OCC(=O)O. The highest BCUT2D eigenvalue weighted by Crippen LogP contribution is 1.78. The number of amides is 1. The van der Waals surface area contributed by atoms with Gasteiger partial charge in [0, 0.05) is 6.20 Å². The number of allylic oxidation sites excluding steroid dienone is 2. The molecule has 0 saturated carbocycles. The molecular weight excluding hydrogens is 162 g/mol. The average Bonchev–Trinajstić information content (AvgIpc) is 2.01. The van der Waals surface area contributed by atoms with E-state index in [2.05, 4.69) is 16.6 Å². The van der Waals surface area contributed by atoms with Crippen molar-refractivity contribution in [1.82, 2.24) is 5.32 Å². The van der Waals surface area contributed by atoms with Crippen molar-refractivity contribution in [3.05, 3.63) is 24.9 Å². The Morgan fingerprint density at radius 3 is 2.75 bits per heavy atom. The lowest BCUT2D eigenvalue weighted by molar-refractivity contribution is -0.140. The Morgan fingerprint density at radius 2 is 2.25 bits per heavy atom. The van der Waals surface area contributed by atoms with Crippen molar-refractivity contribution in [2.45, 2.75) is 0 Å². The minimum Gasteiger partial charge on any atom is -0.479 e. The van der Waals surface area contributed by atoms with E-state index in [1.165, 1.54) is 18.4 Å². The maximum atomic E-state index is 10.5. The molecule has 0 fully saturated rings. The molecule has 5 heteroatoms. The Morgan fingerprint density at radius 1 is 1.58 bits per heavy atom. The van der Waals surface area contributed by atoms with Crippen LogP contribution in [0.3, 0.4) is 0 Å². The van der Waals surface area contributed by atoms with Gasteiger partial charge in [-0.1, -0.05) is 12.7 Å². The number of rotatable bonds is 4. The number of alkyl carbamates (subject to hydrolysis) is 1. The summed E-state index contributed by atoms with van der Waals surface area (Å²) in [5.41, 5.74) is 0. The summed E-state index contributed by atoms with van der Waals surface area (Å²) in [6, 6.07) is 0. The summed E-state index contributed by atoms with van der Waals surface area (Å²) in [4.78, 5) is 20.4. The van der Waals surface area contributed by atoms with Gasteiger partial charge in [-0.3, -0.25) is 5.32 Å². The highest BCUT2D eigenvalue weighted by molar-refractivity contribution is 5.74. The maximum Gasteiger partial charge on any atom is 0.411 e. The van der Waals surface area contributed by atoms with Crippen molar-refractivity contribution in [1.29, 1.82) is 0 Å². The van der Waals surface area contributed by atoms with Gasteiger partial charge in [0.05, 0.1) is 0 Å². The minimum absolute atomic E-state index is 0.645. The van der Waals surface area contributed by atoms with E-state index in [9.17, 15) is 9.59 Å². The van der Waals surface area contributed by atoms with Gasteiger partial charge in [0.1, 0.15) is 0 Å². The molecule has 0 aliphatic rings. The molecule has 0 radical (unpaired) electrons. The molecule has 0 heterocycles. The van der Waals surface area contributed by atoms with Crippen LogP contribution in [0.4, 0.5) is 4.79 Å². The second-order valence-corrected chi connectivity index (χ2v) is 1.71. The third-order valence-corrected chi connectivity index (χ3v) is 0.760. The van der Waals surface area contributed by atoms with Crippen LogP contribution in [0.25, 0.3) is 0 Å². The predicted molar refractivity (Wildman–Crippen MR) is 41.5 cm³/mol. The van der Waals surface area contributed by atoms with E-state index >= 15 is 0 Å². The van der Waals surface area contributed by atoms with Crippen LogP contribution in [0.15, 0.2) is 24.9 Å². The zero-order valence-electron chi connectivity index (χ0n) is 6.32. The van der Waals surface area contributed by atoms with Crippen LogP contribution in [0, 0.1) is 0 Å². The Labute approximate surface area is 69.3 Å². The Kier molecular flexibility index (Phi) is 5.08. The molecule has 0 aromatic carbocycles. The van der Waals surface area contributed by atoms with Gasteiger partial charge in [-0.2, -0.15) is 0 Å². The van der Waals surface area contributed by atoms with Crippen LogP contribution in [0.1, 0.15) is 0 Å². The van der Waals surface area contributed by atoms with Crippen molar-refractivity contribution >= 4 is 12.1 Å². The van der Waals surface area contributed by atoms with Crippen molar-refractivity contribution in [2.75, 3.05) is 6.61 Å². The van der Waals surface area contributed by atoms with Gasteiger partial charge in [-0.25, -0.2) is 9.59 Å². The van der Waals surface area contributed by atoms with Crippen molar-refractivity contribution < 1.29 is 19.4 Å². The van der Waals surface area contributed by atoms with Gasteiger partial charge >= 0.3 is 12.1 Å². The van der Waals surface area contributed by atoms with Crippen LogP contribution in [0.5, 0.6) is 0 Å². The zero-order valence-corrected chi connectivity index (χ0v) is 6.32. The Bertz CT molecular complexity index is 209. The molecule has 0 saturated heterocycles. The number of nitrogens with one attached hydrogen (secondary N) is 1. The topological polar surface area (TPSA) is 75.6 Å². The highest BCUT2D eigenvalue weighted by Gasteiger charge is 2.01. The third kappa shape index (κ3) is 6.34. The summed E-state index contributed by atoms with van der Waals surface area (Å²) in [6.45, 7) is 2.71. The molecule has 0 atom stereocenters. The summed E-state index contributed by atoms with van der Waals surface area (Å²) in [6.07, 6.45) is 3.41. The fourth-order valence-electron chi connectivity index (χ4n) is 0.353. The van der Waals surface area contributed by atoms with Crippen molar-refractivity contribution in [3.8, 4) is 0 Å². The van der Waals surface area contributed by atoms with Crippen LogP contribution >= 0.6 is 0 Å². The van der Waals surface area contributed by atoms with E-state index in [4.69, 9.17) is 5.11 Å². The van der Waals surface area contributed by atoms with Gasteiger partial charge in [0.15, 0.2) is 6.61 Å². The summed E-state index contributed by atoms with van der Waals surface area (Å²) >= 11 is 0. The van der Waals surface area contributed by atoms with E-state index < -0.39 is 18.7 Å². The number of aliphatic carboxylic acids is 1. The standard InChI is InChI=1S/C7H9NO4/c1-2-3-4-8-7(11)12-5-6(9)10/h2-4H,1,5H2,(H,8,11)(H,9,10)/b4-3+. The molecule has 0 unspecified atom stereocenters. The maximum absolute atomic E-state index is 10.5. The predicted octanol–water partition coefficient (Wildman–Crippen LogP) is 0.497. The number of hydrogen-bond donors (Lipinski definition) is 2. The van der Waals surface area contributed by atoms with Gasteiger partial charge < -0.3 is 9.84 Å². The summed E-state index contributed by atoms with van der Waals surface area (Å²) in [5, 5.41) is 10.3. The molecule has 0 spiro atoms. The van der Waals surface area contributed by atoms with Crippen molar-refractivity contribution in [2.24, 2.45) is 0 Å². The van der Waals surface area contributed by atoms with Gasteiger partial charge in [-0.15, -0.1) is 0 Å². The van der Waals surface area contributed by atoms with Crippen LogP contribution in [-0.4, -0.2) is 23.8 Å². The largest absolute Gasteiger partial charge is 0.479 e. The van der Waals surface area contributed by atoms with E-state index in [0.717, 1.165) is 0 Å². The smallest absolute Gasteiger partial charge is 0.411 e. The van der Waals surface area contributed by atoms with E-state index in [1.54, 1.807) is 0 Å². The fourth-order valence-corrected chi connectivity index (χ4v) is 0.353. The fraction of sp³-hybridized carbons (Fsp3) is 0.143. The molecule has 0 aliphatic heterocycles. The van der Waals surface area contributed by atoms with E-state index in [1.807, 2.05) is 0 Å². The van der Waals surface area contributed by atoms with Crippen molar-refractivity contribution in [3.63, 3.8) is 0 Å². The number of carboxylic acid groups (broad SMARTS) is 1. The van der Waals surface area contributed by atoms with Crippen LogP contribution in [-0.2, 0) is 9.53 Å². The number of carbonyl (C=O) groups is 2. The zero-order chi connectivity index (χ0) is 9.40. The minimum atomic E-state index is -1.20. The molecule has 66 valence electrons. The normalized spacial score (nSPS) is 9.33. The van der Waals surface area contributed by atoms with Gasteiger partial charge in [0.25, 0.3) is 0 Å². The van der Waals surface area contributed by atoms with Gasteiger partial charge in [0.2, 0.25) is 0 Å². The van der Waals surface area contributed by atoms with E-state index in [0.29, 0.717) is 0 Å².